The van der Waals surface area contributed by atoms with E-state index >= 15 is 0 Å². The van der Waals surface area contributed by atoms with Gasteiger partial charge in [-0.15, -0.1) is 0 Å². The van der Waals surface area contributed by atoms with Gasteiger partial charge in [0.15, 0.2) is 0 Å². The van der Waals surface area contributed by atoms with Crippen LogP contribution >= 0.6 is 12.6 Å². The Bertz CT molecular complexity index is 303. The normalized spacial score (nSPS) is 12.3. The van der Waals surface area contributed by atoms with Gasteiger partial charge in [-0.1, -0.05) is 30.3 Å². The third kappa shape index (κ3) is 4.36. The van der Waals surface area contributed by atoms with Gasteiger partial charge in [0.2, 0.25) is 0 Å². The van der Waals surface area contributed by atoms with Crippen molar-refractivity contribution in [2.45, 2.75) is 19.0 Å². The molecule has 0 heterocycles. The zero-order valence-corrected chi connectivity index (χ0v) is 9.28. The minimum Gasteiger partial charge on any atom is -0.480 e. The summed E-state index contributed by atoms with van der Waals surface area (Å²) in [5, 5.41) is 11.9. The van der Waals surface area contributed by atoms with Crippen LogP contribution in [0.5, 0.6) is 0 Å². The number of carboxylic acids is 1. The zero-order chi connectivity index (χ0) is 11.1. The highest BCUT2D eigenvalue weighted by atomic mass is 32.1. The van der Waals surface area contributed by atoms with Gasteiger partial charge in [-0.2, -0.15) is 12.6 Å². The molecule has 0 spiro atoms. The monoisotopic (exact) mass is 225 g/mol. The van der Waals surface area contributed by atoms with E-state index in [9.17, 15) is 4.79 Å². The number of hydrogen-bond donors (Lipinski definition) is 3. The molecule has 0 aliphatic rings. The van der Waals surface area contributed by atoms with Gasteiger partial charge in [0.05, 0.1) is 0 Å². The highest BCUT2D eigenvalue weighted by Crippen LogP contribution is 2.00. The van der Waals surface area contributed by atoms with Crippen molar-refractivity contribution < 1.29 is 9.90 Å². The maximum atomic E-state index is 10.8. The van der Waals surface area contributed by atoms with Crippen molar-refractivity contribution in [2.75, 3.05) is 5.75 Å². The van der Waals surface area contributed by atoms with Gasteiger partial charge in [-0.3, -0.25) is 4.79 Å². The molecule has 0 bridgehead atoms. The van der Waals surface area contributed by atoms with E-state index in [4.69, 9.17) is 5.11 Å². The molecule has 1 atom stereocenters. The number of aliphatic carboxylic acids is 1. The van der Waals surface area contributed by atoms with Crippen LogP contribution in [0.4, 0.5) is 0 Å². The molecule has 0 aliphatic heterocycles. The third-order valence-electron chi connectivity index (χ3n) is 2.11. The maximum absolute atomic E-state index is 10.8. The second-order valence-electron chi connectivity index (χ2n) is 3.27. The van der Waals surface area contributed by atoms with E-state index in [2.05, 4.69) is 17.9 Å². The summed E-state index contributed by atoms with van der Waals surface area (Å²) in [6, 6.07) is 9.23. The lowest BCUT2D eigenvalue weighted by Crippen LogP contribution is -2.36. The van der Waals surface area contributed by atoms with E-state index in [1.807, 2.05) is 30.3 Å². The van der Waals surface area contributed by atoms with Gasteiger partial charge in [0.1, 0.15) is 6.04 Å². The Labute approximate surface area is 94.9 Å². The number of benzene rings is 1. The maximum Gasteiger partial charge on any atom is 0.320 e. The van der Waals surface area contributed by atoms with Gasteiger partial charge in [-0.05, 0) is 17.7 Å². The average molecular weight is 225 g/mol. The zero-order valence-electron chi connectivity index (χ0n) is 8.39. The first-order valence-corrected chi connectivity index (χ1v) is 5.48. The summed E-state index contributed by atoms with van der Waals surface area (Å²) in [5.41, 5.74) is 1.09. The number of rotatable bonds is 6. The largest absolute Gasteiger partial charge is 0.480 e. The summed E-state index contributed by atoms with van der Waals surface area (Å²) >= 11 is 4.03. The number of thiol groups is 1. The Hall–Kier alpha value is -1.00. The molecule has 3 nitrogen and oxygen atoms in total. The molecule has 0 fully saturated rings. The van der Waals surface area contributed by atoms with Crippen LogP contribution in [0.1, 0.15) is 12.0 Å². The number of nitrogens with one attached hydrogen (secondary N) is 1. The molecular weight excluding hydrogens is 210 g/mol. The summed E-state index contributed by atoms with van der Waals surface area (Å²) in [5.74, 6) is -0.251. The number of hydrogen-bond acceptors (Lipinski definition) is 3. The summed E-state index contributed by atoms with van der Waals surface area (Å²) in [7, 11) is 0. The van der Waals surface area contributed by atoms with Crippen molar-refractivity contribution in [3.05, 3.63) is 35.9 Å². The van der Waals surface area contributed by atoms with E-state index in [1.54, 1.807) is 0 Å². The van der Waals surface area contributed by atoms with Crippen LogP contribution in [-0.2, 0) is 11.3 Å². The second kappa shape index (κ2) is 6.48. The van der Waals surface area contributed by atoms with Gasteiger partial charge >= 0.3 is 5.97 Å². The van der Waals surface area contributed by atoms with Gasteiger partial charge in [0, 0.05) is 6.54 Å². The lowest BCUT2D eigenvalue weighted by molar-refractivity contribution is -0.139. The average Bonchev–Trinajstić information content (AvgIpc) is 2.25. The highest BCUT2D eigenvalue weighted by molar-refractivity contribution is 7.80. The Morgan fingerprint density at radius 1 is 1.40 bits per heavy atom. The molecule has 0 radical (unpaired) electrons. The number of carbonyl (C=O) groups is 1. The van der Waals surface area contributed by atoms with E-state index in [1.165, 1.54) is 0 Å². The Morgan fingerprint density at radius 2 is 2.07 bits per heavy atom. The molecular formula is C11H15NO2S. The SMILES string of the molecule is O=C(O)[C@H](CCS)NCc1ccccc1. The predicted octanol–water partition coefficient (Wildman–Crippen LogP) is 1.55. The minimum absolute atomic E-state index is 0.511. The molecule has 82 valence electrons. The molecule has 0 aliphatic carbocycles. The van der Waals surface area contributed by atoms with Crippen LogP contribution in [0.25, 0.3) is 0 Å². The Morgan fingerprint density at radius 3 is 2.60 bits per heavy atom. The minimum atomic E-state index is -0.819. The quantitative estimate of drug-likeness (QED) is 0.644. The van der Waals surface area contributed by atoms with Crippen LogP contribution in [0.2, 0.25) is 0 Å². The molecule has 4 heteroatoms. The van der Waals surface area contributed by atoms with Gasteiger partial charge < -0.3 is 10.4 Å². The van der Waals surface area contributed by atoms with E-state index < -0.39 is 12.0 Å². The fourth-order valence-corrected chi connectivity index (χ4v) is 1.54. The summed E-state index contributed by atoms with van der Waals surface area (Å²) < 4.78 is 0. The lowest BCUT2D eigenvalue weighted by Gasteiger charge is -2.12. The van der Waals surface area contributed by atoms with Crippen LogP contribution in [-0.4, -0.2) is 22.9 Å². The standard InChI is InChI=1S/C11H15NO2S/c13-11(14)10(6-7-15)12-8-9-4-2-1-3-5-9/h1-5,10,12,15H,6-8H2,(H,13,14)/t10-/m0/s1. The molecule has 15 heavy (non-hydrogen) atoms. The lowest BCUT2D eigenvalue weighted by atomic mass is 10.2. The van der Waals surface area contributed by atoms with Gasteiger partial charge in [0.25, 0.3) is 0 Å². The fraction of sp³-hybridized carbons (Fsp3) is 0.364. The summed E-state index contributed by atoms with van der Waals surface area (Å²) in [6.45, 7) is 0.575. The summed E-state index contributed by atoms with van der Waals surface area (Å²) in [6.07, 6.45) is 0.533. The molecule has 0 saturated heterocycles. The van der Waals surface area contributed by atoms with Crippen molar-refractivity contribution >= 4 is 18.6 Å². The first-order chi connectivity index (χ1) is 7.24. The first kappa shape index (κ1) is 12.1. The Kier molecular flexibility index (Phi) is 5.21. The van der Waals surface area contributed by atoms with Crippen molar-refractivity contribution in [1.29, 1.82) is 0 Å². The van der Waals surface area contributed by atoms with Crippen molar-refractivity contribution in [1.82, 2.24) is 5.32 Å². The molecule has 0 amide bonds. The summed E-state index contributed by atoms with van der Waals surface area (Å²) in [4.78, 5) is 10.8. The molecule has 2 N–H and O–H groups in total. The third-order valence-corrected chi connectivity index (χ3v) is 2.37. The molecule has 0 unspecified atom stereocenters. The highest BCUT2D eigenvalue weighted by Gasteiger charge is 2.14. The van der Waals surface area contributed by atoms with E-state index in [0.717, 1.165) is 5.56 Å². The predicted molar refractivity (Wildman–Crippen MR) is 63.2 cm³/mol. The second-order valence-corrected chi connectivity index (χ2v) is 3.72. The topological polar surface area (TPSA) is 49.3 Å². The first-order valence-electron chi connectivity index (χ1n) is 4.85. The molecule has 1 rings (SSSR count). The van der Waals surface area contributed by atoms with Crippen LogP contribution in [0.3, 0.4) is 0 Å². The smallest absolute Gasteiger partial charge is 0.320 e. The van der Waals surface area contributed by atoms with Crippen molar-refractivity contribution in [2.24, 2.45) is 0 Å². The van der Waals surface area contributed by atoms with Crippen LogP contribution in [0, 0.1) is 0 Å². The molecule has 0 saturated carbocycles. The van der Waals surface area contributed by atoms with E-state index in [-0.39, 0.29) is 0 Å². The van der Waals surface area contributed by atoms with Crippen molar-refractivity contribution in [3.63, 3.8) is 0 Å². The number of carboxylic acid groups (broad SMARTS) is 1. The Balaban J connectivity index is 2.43. The fourth-order valence-electron chi connectivity index (χ4n) is 1.28. The van der Waals surface area contributed by atoms with Crippen LogP contribution in [0.15, 0.2) is 30.3 Å². The molecule has 0 aromatic heterocycles. The van der Waals surface area contributed by atoms with Crippen LogP contribution < -0.4 is 5.32 Å². The van der Waals surface area contributed by atoms with Gasteiger partial charge in [-0.25, -0.2) is 0 Å². The van der Waals surface area contributed by atoms with Crippen molar-refractivity contribution in [3.8, 4) is 0 Å². The molecule has 1 aromatic rings. The molecule has 1 aromatic carbocycles. The van der Waals surface area contributed by atoms with E-state index in [0.29, 0.717) is 18.7 Å².